The van der Waals surface area contributed by atoms with E-state index in [0.29, 0.717) is 59.7 Å². The zero-order valence-corrected chi connectivity index (χ0v) is 23.2. The fourth-order valence-corrected chi connectivity index (χ4v) is 4.70. The Morgan fingerprint density at radius 3 is 2.32 bits per heavy atom. The average Bonchev–Trinajstić information content (AvgIpc) is 3.78. The summed E-state index contributed by atoms with van der Waals surface area (Å²) in [6, 6.07) is 10.6. The summed E-state index contributed by atoms with van der Waals surface area (Å²) in [5, 5.41) is 0.189. The number of aromatic nitrogens is 3. The molecule has 11 heteroatoms. The van der Waals surface area contributed by atoms with Crippen molar-refractivity contribution in [1.82, 2.24) is 15.0 Å². The number of hydrogen-bond donors (Lipinski definition) is 0. The Morgan fingerprint density at radius 2 is 1.66 bits per heavy atom. The van der Waals surface area contributed by atoms with E-state index in [1.54, 1.807) is 43.6 Å². The van der Waals surface area contributed by atoms with Crippen molar-refractivity contribution in [2.45, 2.75) is 25.7 Å². The number of benzene rings is 1. The van der Waals surface area contributed by atoms with Gasteiger partial charge in [-0.2, -0.15) is 0 Å². The number of hydrogen-bond acceptors (Lipinski definition) is 9. The Morgan fingerprint density at radius 1 is 0.927 bits per heavy atom. The van der Waals surface area contributed by atoms with Gasteiger partial charge in [0.05, 0.1) is 24.6 Å². The number of Topliss-reactive ketones (excluding diaryl/α,β-unsaturated/α-hetero) is 2. The van der Waals surface area contributed by atoms with Crippen LogP contribution < -0.4 is 14.2 Å². The van der Waals surface area contributed by atoms with E-state index in [4.69, 9.17) is 30.5 Å². The quantitative estimate of drug-likeness (QED) is 0.153. The summed E-state index contributed by atoms with van der Waals surface area (Å²) in [6.07, 6.45) is 4.14. The summed E-state index contributed by atoms with van der Waals surface area (Å²) in [5.74, 6) is 0.409. The van der Waals surface area contributed by atoms with Gasteiger partial charge in [0.2, 0.25) is 5.88 Å². The molecule has 0 saturated heterocycles. The highest BCUT2D eigenvalue weighted by molar-refractivity contribution is 6.32. The van der Waals surface area contributed by atoms with E-state index in [2.05, 4.69) is 15.0 Å². The highest BCUT2D eigenvalue weighted by Crippen LogP contribution is 2.49. The van der Waals surface area contributed by atoms with Crippen LogP contribution in [0.4, 0.5) is 4.39 Å². The number of pyridine rings is 3. The minimum Gasteiger partial charge on any atom is -0.485 e. The molecule has 1 aromatic carbocycles. The lowest BCUT2D eigenvalue weighted by molar-refractivity contribution is -0.133. The highest BCUT2D eigenvalue weighted by atomic mass is 35.5. The Balaban J connectivity index is 1.29. The summed E-state index contributed by atoms with van der Waals surface area (Å²) in [5.41, 5.74) is 1.14. The van der Waals surface area contributed by atoms with Crippen molar-refractivity contribution in [3.05, 3.63) is 76.8 Å². The second-order valence-electron chi connectivity index (χ2n) is 9.65. The Labute approximate surface area is 240 Å². The zero-order valence-electron chi connectivity index (χ0n) is 22.5. The molecule has 0 radical (unpaired) electrons. The van der Waals surface area contributed by atoms with Gasteiger partial charge in [-0.05, 0) is 42.2 Å². The van der Waals surface area contributed by atoms with Crippen LogP contribution in [0.1, 0.15) is 24.0 Å². The molecule has 1 aliphatic rings. The summed E-state index contributed by atoms with van der Waals surface area (Å²) >= 11 is 6.49. The van der Waals surface area contributed by atoms with Crippen molar-refractivity contribution in [3.8, 4) is 23.3 Å². The van der Waals surface area contributed by atoms with Crippen LogP contribution in [0.5, 0.6) is 23.3 Å². The number of rotatable bonds is 13. The number of ether oxygens (including phenoxy) is 4. The van der Waals surface area contributed by atoms with Crippen molar-refractivity contribution in [1.29, 1.82) is 0 Å². The fourth-order valence-electron chi connectivity index (χ4n) is 4.47. The molecule has 0 amide bonds. The van der Waals surface area contributed by atoms with Gasteiger partial charge in [-0.25, -0.2) is 14.4 Å². The lowest BCUT2D eigenvalue weighted by Gasteiger charge is -2.14. The molecular weight excluding hydrogens is 553 g/mol. The van der Waals surface area contributed by atoms with Crippen LogP contribution in [0.15, 0.2) is 54.9 Å². The summed E-state index contributed by atoms with van der Waals surface area (Å²) in [6.45, 7) is 0.713. The van der Waals surface area contributed by atoms with Gasteiger partial charge < -0.3 is 18.9 Å². The minimum absolute atomic E-state index is 0.00491. The van der Waals surface area contributed by atoms with Gasteiger partial charge in [0.15, 0.2) is 23.1 Å². The molecule has 1 saturated carbocycles. The number of fused-ring (bicyclic) bond motifs is 1. The third-order valence-corrected chi connectivity index (χ3v) is 7.15. The molecule has 41 heavy (non-hydrogen) atoms. The fraction of sp³-hybridized carbons (Fsp3) is 0.300. The smallest absolute Gasteiger partial charge is 0.257 e. The molecule has 1 aliphatic carbocycles. The number of ketones is 2. The molecule has 0 N–H and O–H groups in total. The summed E-state index contributed by atoms with van der Waals surface area (Å²) in [4.78, 5) is 39.3. The van der Waals surface area contributed by atoms with E-state index >= 15 is 0 Å². The minimum atomic E-state index is -1.01. The lowest BCUT2D eigenvalue weighted by atomic mass is 9.88. The molecule has 4 aromatic rings. The molecule has 0 bridgehead atoms. The van der Waals surface area contributed by atoms with Crippen molar-refractivity contribution in [3.63, 3.8) is 0 Å². The Bertz CT molecular complexity index is 1590. The molecule has 5 rings (SSSR count). The van der Waals surface area contributed by atoms with Gasteiger partial charge in [-0.1, -0.05) is 23.7 Å². The average molecular weight is 580 g/mol. The van der Waals surface area contributed by atoms with Crippen molar-refractivity contribution < 1.29 is 32.9 Å². The van der Waals surface area contributed by atoms with E-state index in [-0.39, 0.29) is 47.0 Å². The molecule has 212 valence electrons. The second-order valence-corrected chi connectivity index (χ2v) is 10.1. The first-order valence-corrected chi connectivity index (χ1v) is 13.3. The van der Waals surface area contributed by atoms with E-state index in [1.807, 2.05) is 0 Å². The zero-order chi connectivity index (χ0) is 29.0. The van der Waals surface area contributed by atoms with Gasteiger partial charge in [0.25, 0.3) is 5.88 Å². The maximum absolute atomic E-state index is 13.2. The van der Waals surface area contributed by atoms with E-state index in [0.717, 1.165) is 0 Å². The predicted octanol–water partition coefficient (Wildman–Crippen LogP) is 5.35. The largest absolute Gasteiger partial charge is 0.485 e. The predicted molar refractivity (Wildman–Crippen MR) is 148 cm³/mol. The topological polar surface area (TPSA) is 110 Å². The SMILES string of the molecule is COCCOc1cc2nccc(Oc3ncc(CC(=O)C4(C(=O)Cc5ccc(F)cc5)CC4)cc3Cl)c2nc1OC. The summed E-state index contributed by atoms with van der Waals surface area (Å²) < 4.78 is 35.3. The van der Waals surface area contributed by atoms with Crippen molar-refractivity contribution >= 4 is 34.2 Å². The van der Waals surface area contributed by atoms with E-state index in [1.165, 1.54) is 25.4 Å². The first kappa shape index (κ1) is 28.4. The molecule has 0 spiro atoms. The Hall–Kier alpha value is -4.15. The number of nitrogens with zero attached hydrogens (tertiary/aromatic N) is 3. The first-order valence-electron chi connectivity index (χ1n) is 12.9. The molecule has 0 unspecified atom stereocenters. The molecule has 3 heterocycles. The van der Waals surface area contributed by atoms with Crippen LogP contribution in [0, 0.1) is 11.2 Å². The molecule has 9 nitrogen and oxygen atoms in total. The maximum atomic E-state index is 13.2. The van der Waals surface area contributed by atoms with Gasteiger partial charge >= 0.3 is 0 Å². The molecule has 0 atom stereocenters. The third-order valence-electron chi connectivity index (χ3n) is 6.88. The number of halogens is 2. The molecule has 3 aromatic heterocycles. The number of methoxy groups -OCH3 is 2. The number of carbonyl (C=O) groups excluding carboxylic acids is 2. The van der Waals surface area contributed by atoms with Crippen LogP contribution in [0.3, 0.4) is 0 Å². The third kappa shape index (κ3) is 6.28. The van der Waals surface area contributed by atoms with E-state index < -0.39 is 5.41 Å². The van der Waals surface area contributed by atoms with Crippen molar-refractivity contribution in [2.24, 2.45) is 5.41 Å². The monoisotopic (exact) mass is 579 g/mol. The number of carbonyl (C=O) groups is 2. The molecule has 1 fully saturated rings. The van der Waals surface area contributed by atoms with Crippen LogP contribution in [-0.2, 0) is 27.2 Å². The van der Waals surface area contributed by atoms with E-state index in [9.17, 15) is 14.0 Å². The maximum Gasteiger partial charge on any atom is 0.257 e. The van der Waals surface area contributed by atoms with Gasteiger partial charge in [-0.3, -0.25) is 14.6 Å². The van der Waals surface area contributed by atoms with Crippen molar-refractivity contribution in [2.75, 3.05) is 27.4 Å². The van der Waals surface area contributed by atoms with Crippen LogP contribution in [-0.4, -0.2) is 54.0 Å². The molecular formula is C30H27ClFN3O6. The lowest BCUT2D eigenvalue weighted by Crippen LogP contribution is -2.29. The normalized spacial score (nSPS) is 13.6. The van der Waals surface area contributed by atoms with Gasteiger partial charge in [0, 0.05) is 44.5 Å². The van der Waals surface area contributed by atoms with Crippen LogP contribution >= 0.6 is 11.6 Å². The summed E-state index contributed by atoms with van der Waals surface area (Å²) in [7, 11) is 3.06. The van der Waals surface area contributed by atoms with Crippen LogP contribution in [0.2, 0.25) is 5.02 Å². The highest BCUT2D eigenvalue weighted by Gasteiger charge is 2.54. The first-order chi connectivity index (χ1) is 19.8. The second kappa shape index (κ2) is 12.2. The Kier molecular flexibility index (Phi) is 8.41. The van der Waals surface area contributed by atoms with Crippen LogP contribution in [0.25, 0.3) is 11.0 Å². The van der Waals surface area contributed by atoms with Gasteiger partial charge in [-0.15, -0.1) is 0 Å². The molecule has 0 aliphatic heterocycles. The standard InChI is InChI=1S/C30H27ClFN3O6/c1-38-11-12-40-24-16-22-27(35-29(24)39-2)23(7-10-33-22)41-28-21(31)13-19(17-34-28)15-26(37)30(8-9-30)25(36)14-18-3-5-20(32)6-4-18/h3-7,10,13,16-17H,8-9,11-12,14-15H2,1-2H3. The van der Waals surface area contributed by atoms with Gasteiger partial charge in [0.1, 0.15) is 23.0 Å².